The smallest absolute Gasteiger partial charge is 0.293 e. The van der Waals surface area contributed by atoms with Crippen LogP contribution in [-0.2, 0) is 0 Å². The van der Waals surface area contributed by atoms with Gasteiger partial charge in [0.2, 0.25) is 5.56 Å². The van der Waals surface area contributed by atoms with Gasteiger partial charge in [-0.1, -0.05) is 12.1 Å². The number of H-pyrrole nitrogens is 1. The van der Waals surface area contributed by atoms with Crippen LogP contribution in [-0.4, -0.2) is 17.0 Å². The second kappa shape index (κ2) is 5.57. The van der Waals surface area contributed by atoms with Crippen LogP contribution in [0.25, 0.3) is 22.0 Å². The number of benzene rings is 2. The van der Waals surface area contributed by atoms with Crippen molar-refractivity contribution in [3.05, 3.63) is 68.5 Å². The minimum Gasteiger partial charge on any atom is -0.497 e. The molecule has 6 heteroatoms. The molecule has 0 saturated carbocycles. The lowest BCUT2D eigenvalue weighted by Gasteiger charge is -2.09. The van der Waals surface area contributed by atoms with Crippen molar-refractivity contribution < 1.29 is 9.66 Å². The quantitative estimate of drug-likeness (QED) is 0.593. The summed E-state index contributed by atoms with van der Waals surface area (Å²) in [5.74, 6) is 0.699. The highest BCUT2D eigenvalue weighted by molar-refractivity contribution is 5.99. The topological polar surface area (TPSA) is 85.2 Å². The molecule has 1 heterocycles. The first-order chi connectivity index (χ1) is 11.0. The molecule has 0 aliphatic rings. The number of rotatable bonds is 3. The van der Waals surface area contributed by atoms with Crippen molar-refractivity contribution in [1.82, 2.24) is 4.98 Å². The molecule has 116 valence electrons. The van der Waals surface area contributed by atoms with Crippen LogP contribution < -0.4 is 10.3 Å². The van der Waals surface area contributed by atoms with Crippen molar-refractivity contribution >= 4 is 16.6 Å². The Morgan fingerprint density at radius 3 is 2.43 bits per heavy atom. The Labute approximate surface area is 131 Å². The first-order valence-corrected chi connectivity index (χ1v) is 6.96. The third-order valence-electron chi connectivity index (χ3n) is 3.67. The fourth-order valence-electron chi connectivity index (χ4n) is 2.63. The summed E-state index contributed by atoms with van der Waals surface area (Å²) in [7, 11) is 1.57. The molecule has 1 N–H and O–H groups in total. The number of fused-ring (bicyclic) bond motifs is 1. The lowest BCUT2D eigenvalue weighted by molar-refractivity contribution is -0.383. The van der Waals surface area contributed by atoms with Gasteiger partial charge in [0.05, 0.1) is 12.0 Å². The molecule has 0 aliphatic carbocycles. The molecular formula is C17H14N2O4. The molecule has 0 radical (unpaired) electrons. The van der Waals surface area contributed by atoms with Crippen LogP contribution in [0.5, 0.6) is 5.75 Å². The van der Waals surface area contributed by atoms with Gasteiger partial charge in [-0.2, -0.15) is 0 Å². The fourth-order valence-corrected chi connectivity index (χ4v) is 2.63. The van der Waals surface area contributed by atoms with Crippen molar-refractivity contribution in [3.63, 3.8) is 0 Å². The Hall–Kier alpha value is -3.15. The second-order valence-corrected chi connectivity index (χ2v) is 5.24. The maximum absolute atomic E-state index is 12.0. The number of nitrogens with one attached hydrogen (secondary N) is 1. The number of non-ortho nitro benzene ring substituents is 1. The molecule has 0 atom stereocenters. The molecule has 0 spiro atoms. The number of nitrogens with zero attached hydrogens (tertiary/aromatic N) is 1. The number of nitro benzene ring substituents is 1. The van der Waals surface area contributed by atoms with E-state index in [1.807, 2.05) is 18.2 Å². The Kier molecular flexibility index (Phi) is 3.57. The maximum Gasteiger partial charge on any atom is 0.293 e. The van der Waals surface area contributed by atoms with E-state index in [0.717, 1.165) is 11.1 Å². The number of aromatic nitrogens is 1. The van der Waals surface area contributed by atoms with E-state index in [4.69, 9.17) is 4.74 Å². The predicted octanol–water partition coefficient (Wildman–Crippen LogP) is 3.42. The molecule has 23 heavy (non-hydrogen) atoms. The molecule has 0 unspecified atom stereocenters. The molecule has 0 amide bonds. The average Bonchev–Trinajstić information content (AvgIpc) is 2.54. The summed E-state index contributed by atoms with van der Waals surface area (Å²) in [4.78, 5) is 25.3. The summed E-state index contributed by atoms with van der Waals surface area (Å²) in [6, 6.07) is 11.9. The normalized spacial score (nSPS) is 10.7. The highest BCUT2D eigenvalue weighted by atomic mass is 16.6. The van der Waals surface area contributed by atoms with Crippen LogP contribution >= 0.6 is 0 Å². The summed E-state index contributed by atoms with van der Waals surface area (Å²) in [5, 5.41) is 11.9. The van der Waals surface area contributed by atoms with Crippen LogP contribution in [0.4, 0.5) is 5.69 Å². The fraction of sp³-hybridized carbons (Fsp3) is 0.118. The van der Waals surface area contributed by atoms with Gasteiger partial charge >= 0.3 is 0 Å². The summed E-state index contributed by atoms with van der Waals surface area (Å²) < 4.78 is 5.13. The van der Waals surface area contributed by atoms with Crippen molar-refractivity contribution in [2.45, 2.75) is 6.92 Å². The lowest BCUT2D eigenvalue weighted by atomic mass is 9.99. The number of hydrogen-bond acceptors (Lipinski definition) is 4. The van der Waals surface area contributed by atoms with Crippen molar-refractivity contribution in [3.8, 4) is 16.9 Å². The lowest BCUT2D eigenvalue weighted by Crippen LogP contribution is -2.07. The van der Waals surface area contributed by atoms with Gasteiger partial charge in [0.1, 0.15) is 11.3 Å². The Morgan fingerprint density at radius 2 is 1.83 bits per heavy atom. The van der Waals surface area contributed by atoms with E-state index < -0.39 is 4.92 Å². The Balaban J connectivity index is 2.36. The van der Waals surface area contributed by atoms with Gasteiger partial charge < -0.3 is 9.72 Å². The third-order valence-corrected chi connectivity index (χ3v) is 3.67. The molecule has 1 aromatic heterocycles. The zero-order valence-electron chi connectivity index (χ0n) is 12.6. The van der Waals surface area contributed by atoms with E-state index in [2.05, 4.69) is 4.98 Å². The molecule has 6 nitrogen and oxygen atoms in total. The largest absolute Gasteiger partial charge is 0.497 e. The molecule has 0 saturated heterocycles. The zero-order valence-corrected chi connectivity index (χ0v) is 12.6. The van der Waals surface area contributed by atoms with Gasteiger partial charge in [-0.15, -0.1) is 0 Å². The van der Waals surface area contributed by atoms with E-state index in [9.17, 15) is 14.9 Å². The molecular weight excluding hydrogens is 296 g/mol. The number of aromatic amines is 1. The van der Waals surface area contributed by atoms with E-state index in [1.165, 1.54) is 12.1 Å². The number of pyridine rings is 1. The number of aryl methyl sites for hydroxylation is 1. The molecule has 2 aromatic carbocycles. The molecule has 3 rings (SSSR count). The van der Waals surface area contributed by atoms with Crippen LogP contribution in [0.2, 0.25) is 0 Å². The van der Waals surface area contributed by atoms with Gasteiger partial charge in [-0.3, -0.25) is 14.9 Å². The van der Waals surface area contributed by atoms with Gasteiger partial charge in [0.15, 0.2) is 0 Å². The third kappa shape index (κ3) is 2.66. The highest BCUT2D eigenvalue weighted by Gasteiger charge is 2.17. The number of nitro groups is 1. The van der Waals surface area contributed by atoms with E-state index in [0.29, 0.717) is 16.7 Å². The predicted molar refractivity (Wildman–Crippen MR) is 87.9 cm³/mol. The number of ether oxygens (including phenoxy) is 1. The van der Waals surface area contributed by atoms with Crippen LogP contribution in [0.1, 0.15) is 5.56 Å². The molecule has 3 aromatic rings. The summed E-state index contributed by atoms with van der Waals surface area (Å²) in [6.07, 6.45) is 0. The number of hydrogen-bond donors (Lipinski definition) is 1. The van der Waals surface area contributed by atoms with Crippen molar-refractivity contribution in [2.24, 2.45) is 0 Å². The first-order valence-electron chi connectivity index (χ1n) is 6.96. The van der Waals surface area contributed by atoms with E-state index >= 15 is 0 Å². The maximum atomic E-state index is 12.0. The molecule has 0 bridgehead atoms. The zero-order chi connectivity index (χ0) is 16.6. The standard InChI is InChI=1S/C17H14N2O4/c1-10-7-14-13(11-3-5-12(23-2)6-4-11)9-16(20)18-17(14)15(8-10)19(21)22/h3-9H,1-2H3,(H,18,20). The van der Waals surface area contributed by atoms with Crippen LogP contribution in [0, 0.1) is 17.0 Å². The van der Waals surface area contributed by atoms with E-state index in [1.54, 1.807) is 26.2 Å². The van der Waals surface area contributed by atoms with Crippen LogP contribution in [0.15, 0.2) is 47.3 Å². The van der Waals surface area contributed by atoms with Gasteiger partial charge in [0.25, 0.3) is 5.69 Å². The molecule has 0 aliphatic heterocycles. The van der Waals surface area contributed by atoms with Crippen LogP contribution in [0.3, 0.4) is 0 Å². The van der Waals surface area contributed by atoms with Crippen molar-refractivity contribution in [1.29, 1.82) is 0 Å². The summed E-state index contributed by atoms with van der Waals surface area (Å²) >= 11 is 0. The van der Waals surface area contributed by atoms with Gasteiger partial charge in [0, 0.05) is 17.5 Å². The second-order valence-electron chi connectivity index (χ2n) is 5.24. The SMILES string of the molecule is COc1ccc(-c2cc(=O)[nH]c3c([N+](=O)[O-])cc(C)cc23)cc1. The first kappa shape index (κ1) is 14.8. The monoisotopic (exact) mass is 310 g/mol. The average molecular weight is 310 g/mol. The van der Waals surface area contributed by atoms with E-state index in [-0.39, 0.29) is 16.8 Å². The molecule has 0 fully saturated rings. The Bertz CT molecular complexity index is 959. The number of methoxy groups -OCH3 is 1. The van der Waals surface area contributed by atoms with Gasteiger partial charge in [-0.05, 0) is 41.8 Å². The summed E-state index contributed by atoms with van der Waals surface area (Å²) in [6.45, 7) is 1.79. The van der Waals surface area contributed by atoms with Gasteiger partial charge in [-0.25, -0.2) is 0 Å². The Morgan fingerprint density at radius 1 is 1.13 bits per heavy atom. The minimum atomic E-state index is -0.483. The summed E-state index contributed by atoms with van der Waals surface area (Å²) in [5.41, 5.74) is 1.95. The highest BCUT2D eigenvalue weighted by Crippen LogP contribution is 2.32. The van der Waals surface area contributed by atoms with Crippen molar-refractivity contribution in [2.75, 3.05) is 7.11 Å². The minimum absolute atomic E-state index is 0.104.